The first-order chi connectivity index (χ1) is 7.51. The lowest BCUT2D eigenvalue weighted by Gasteiger charge is -2.25. The van der Waals surface area contributed by atoms with Crippen LogP contribution in [0.3, 0.4) is 0 Å². The van der Waals surface area contributed by atoms with Crippen molar-refractivity contribution in [3.63, 3.8) is 0 Å². The largest absolute Gasteiger partial charge is 0.134 e. The van der Waals surface area contributed by atoms with Crippen molar-refractivity contribution >= 4 is 23.5 Å². The average Bonchev–Trinajstić information content (AvgIpc) is 2.24. The Morgan fingerprint density at radius 3 is 2.31 bits per heavy atom. The quantitative estimate of drug-likeness (QED) is 0.674. The number of rotatable bonds is 3. The molecule has 0 radical (unpaired) electrons. The molecule has 2 heteroatoms. The highest BCUT2D eigenvalue weighted by Gasteiger charge is 2.20. The maximum Gasteiger partial charge on any atom is 0.111 e. The summed E-state index contributed by atoms with van der Waals surface area (Å²) in [4.78, 5) is 0. The molecule has 92 valence electrons. The molecular formula is C14H24S2. The number of hydrogen-bond acceptors (Lipinski definition) is 2. The standard InChI is InChI=1S/C14H24S2/c1-5-6-7-12-10-15-13(16-11-12)8-9-14(2,3)4/h12-13H,5-7,10-11H2,1-4H3. The highest BCUT2D eigenvalue weighted by molar-refractivity contribution is 8.17. The van der Waals surface area contributed by atoms with E-state index in [1.165, 1.54) is 30.8 Å². The Morgan fingerprint density at radius 2 is 1.81 bits per heavy atom. The van der Waals surface area contributed by atoms with Gasteiger partial charge in [0.1, 0.15) is 4.58 Å². The van der Waals surface area contributed by atoms with Crippen LogP contribution < -0.4 is 0 Å². The van der Waals surface area contributed by atoms with Gasteiger partial charge in [-0.25, -0.2) is 0 Å². The Kier molecular flexibility index (Phi) is 6.15. The smallest absolute Gasteiger partial charge is 0.111 e. The molecule has 0 atom stereocenters. The molecule has 1 aliphatic rings. The van der Waals surface area contributed by atoms with Crippen LogP contribution in [0.2, 0.25) is 0 Å². The van der Waals surface area contributed by atoms with Gasteiger partial charge in [-0.05, 0) is 44.6 Å². The fourth-order valence-corrected chi connectivity index (χ4v) is 4.31. The lowest BCUT2D eigenvalue weighted by atomic mass is 9.98. The van der Waals surface area contributed by atoms with E-state index in [-0.39, 0.29) is 5.41 Å². The third kappa shape index (κ3) is 6.11. The Hall–Kier alpha value is 0.260. The fourth-order valence-electron chi connectivity index (χ4n) is 1.56. The van der Waals surface area contributed by atoms with E-state index >= 15 is 0 Å². The summed E-state index contributed by atoms with van der Waals surface area (Å²) >= 11 is 4.10. The van der Waals surface area contributed by atoms with Crippen molar-refractivity contribution in [2.75, 3.05) is 11.5 Å². The molecule has 1 heterocycles. The molecule has 1 aliphatic heterocycles. The van der Waals surface area contributed by atoms with Crippen molar-refractivity contribution in [1.82, 2.24) is 0 Å². The third-order valence-corrected chi connectivity index (χ3v) is 5.48. The molecule has 0 bridgehead atoms. The van der Waals surface area contributed by atoms with Gasteiger partial charge in [0.25, 0.3) is 0 Å². The third-order valence-electron chi connectivity index (χ3n) is 2.50. The van der Waals surface area contributed by atoms with Crippen molar-refractivity contribution < 1.29 is 0 Å². The van der Waals surface area contributed by atoms with Crippen LogP contribution in [0.15, 0.2) is 0 Å². The SMILES string of the molecule is CCCCC1CSC(C#CC(C)(C)C)SC1. The van der Waals surface area contributed by atoms with Gasteiger partial charge < -0.3 is 0 Å². The lowest BCUT2D eigenvalue weighted by molar-refractivity contribution is 0.563. The zero-order valence-corrected chi connectivity index (χ0v) is 12.6. The van der Waals surface area contributed by atoms with Crippen LogP contribution in [-0.2, 0) is 0 Å². The van der Waals surface area contributed by atoms with Gasteiger partial charge in [-0.1, -0.05) is 31.6 Å². The van der Waals surface area contributed by atoms with E-state index in [1.54, 1.807) is 0 Å². The Balaban J connectivity index is 2.28. The summed E-state index contributed by atoms with van der Waals surface area (Å²) in [6.07, 6.45) is 4.14. The molecule has 0 saturated carbocycles. The van der Waals surface area contributed by atoms with Gasteiger partial charge in [-0.2, -0.15) is 0 Å². The molecule has 0 unspecified atom stereocenters. The van der Waals surface area contributed by atoms with Crippen molar-refractivity contribution in [2.24, 2.45) is 11.3 Å². The summed E-state index contributed by atoms with van der Waals surface area (Å²) in [7, 11) is 0. The van der Waals surface area contributed by atoms with E-state index in [1.807, 2.05) is 0 Å². The number of unbranched alkanes of at least 4 members (excludes halogenated alkanes) is 1. The van der Waals surface area contributed by atoms with Crippen LogP contribution in [0.5, 0.6) is 0 Å². The summed E-state index contributed by atoms with van der Waals surface area (Å²) in [6.45, 7) is 8.83. The fraction of sp³-hybridized carbons (Fsp3) is 0.857. The van der Waals surface area contributed by atoms with Gasteiger partial charge in [0.05, 0.1) is 0 Å². The summed E-state index contributed by atoms with van der Waals surface area (Å²) in [6, 6.07) is 0. The molecule has 0 aromatic heterocycles. The van der Waals surface area contributed by atoms with Crippen LogP contribution in [-0.4, -0.2) is 16.1 Å². The Morgan fingerprint density at radius 1 is 1.19 bits per heavy atom. The maximum atomic E-state index is 3.41. The summed E-state index contributed by atoms with van der Waals surface area (Å²) < 4.78 is 0.525. The van der Waals surface area contributed by atoms with Gasteiger partial charge in [0, 0.05) is 5.41 Å². The van der Waals surface area contributed by atoms with Crippen molar-refractivity contribution in [3.8, 4) is 11.8 Å². The molecule has 0 nitrogen and oxygen atoms in total. The van der Waals surface area contributed by atoms with Crippen molar-refractivity contribution in [2.45, 2.75) is 51.5 Å². The lowest BCUT2D eigenvalue weighted by Crippen LogP contribution is -2.17. The summed E-state index contributed by atoms with van der Waals surface area (Å²) in [5.74, 6) is 10.3. The van der Waals surface area contributed by atoms with E-state index in [9.17, 15) is 0 Å². The van der Waals surface area contributed by atoms with Crippen LogP contribution in [0.25, 0.3) is 0 Å². The predicted octanol–water partition coefficient (Wildman–Crippen LogP) is 4.65. The highest BCUT2D eigenvalue weighted by Crippen LogP contribution is 2.35. The molecule has 1 saturated heterocycles. The minimum atomic E-state index is 0.153. The van der Waals surface area contributed by atoms with E-state index in [2.05, 4.69) is 63.1 Å². The second kappa shape index (κ2) is 6.87. The molecule has 0 aliphatic carbocycles. The second-order valence-electron chi connectivity index (χ2n) is 5.53. The van der Waals surface area contributed by atoms with Crippen molar-refractivity contribution in [1.29, 1.82) is 0 Å². The minimum absolute atomic E-state index is 0.153. The van der Waals surface area contributed by atoms with Gasteiger partial charge >= 0.3 is 0 Å². The first-order valence-electron chi connectivity index (χ1n) is 6.27. The van der Waals surface area contributed by atoms with Crippen LogP contribution in [0, 0.1) is 23.2 Å². The topological polar surface area (TPSA) is 0 Å². The molecular weight excluding hydrogens is 232 g/mol. The molecule has 0 spiro atoms. The van der Waals surface area contributed by atoms with E-state index < -0.39 is 0 Å². The highest BCUT2D eigenvalue weighted by atomic mass is 32.2. The molecule has 0 aromatic carbocycles. The zero-order chi connectivity index (χ0) is 12.0. The normalized spacial score (nSPS) is 26.0. The van der Waals surface area contributed by atoms with Crippen LogP contribution in [0.1, 0.15) is 47.0 Å². The van der Waals surface area contributed by atoms with Crippen LogP contribution in [0.4, 0.5) is 0 Å². The van der Waals surface area contributed by atoms with E-state index in [0.29, 0.717) is 4.58 Å². The number of hydrogen-bond donors (Lipinski definition) is 0. The molecule has 0 amide bonds. The first-order valence-corrected chi connectivity index (χ1v) is 8.37. The van der Waals surface area contributed by atoms with E-state index in [0.717, 1.165) is 5.92 Å². The van der Waals surface area contributed by atoms with E-state index in [4.69, 9.17) is 0 Å². The predicted molar refractivity (Wildman–Crippen MR) is 79.0 cm³/mol. The molecule has 0 N–H and O–H groups in total. The average molecular weight is 256 g/mol. The van der Waals surface area contributed by atoms with Crippen molar-refractivity contribution in [3.05, 3.63) is 0 Å². The number of thioether (sulfide) groups is 2. The zero-order valence-electron chi connectivity index (χ0n) is 11.0. The monoisotopic (exact) mass is 256 g/mol. The summed E-state index contributed by atoms with van der Waals surface area (Å²) in [5.41, 5.74) is 0.153. The minimum Gasteiger partial charge on any atom is -0.134 e. The molecule has 1 fully saturated rings. The second-order valence-corrected chi connectivity index (χ2v) is 8.10. The van der Waals surface area contributed by atoms with Gasteiger partial charge in [-0.15, -0.1) is 23.5 Å². The first kappa shape index (κ1) is 14.3. The van der Waals surface area contributed by atoms with Gasteiger partial charge in [0.15, 0.2) is 0 Å². The maximum absolute atomic E-state index is 3.41. The summed E-state index contributed by atoms with van der Waals surface area (Å²) in [5, 5.41) is 0. The van der Waals surface area contributed by atoms with Gasteiger partial charge in [0.2, 0.25) is 0 Å². The molecule has 16 heavy (non-hydrogen) atoms. The molecule has 0 aromatic rings. The van der Waals surface area contributed by atoms with Gasteiger partial charge in [-0.3, -0.25) is 0 Å². The molecule has 1 rings (SSSR count). The Bertz CT molecular complexity index is 246. The Labute approximate surface area is 110 Å². The van der Waals surface area contributed by atoms with Crippen LogP contribution >= 0.6 is 23.5 Å².